The first kappa shape index (κ1) is 11.4. The van der Waals surface area contributed by atoms with Crippen LogP contribution in [0.15, 0.2) is 18.2 Å². The third kappa shape index (κ3) is 9.78. The fourth-order valence-electron chi connectivity index (χ4n) is 0.0481. The van der Waals surface area contributed by atoms with Gasteiger partial charge in [-0.2, -0.15) is 0 Å². The summed E-state index contributed by atoms with van der Waals surface area (Å²) in [5.74, 6) is 0. The average Bonchev–Trinajstić information content (AvgIpc) is 1.91. The topological polar surface area (TPSA) is 0 Å². The third-order valence-electron chi connectivity index (χ3n) is 0.372. The van der Waals surface area contributed by atoms with E-state index in [2.05, 4.69) is 11.5 Å². The van der Waals surface area contributed by atoms with Crippen LogP contribution in [0.25, 0.3) is 0 Å². The predicted molar refractivity (Wildman–Crippen MR) is 30.1 cm³/mol. The molecule has 0 atom stereocenters. The van der Waals surface area contributed by atoms with Crippen LogP contribution in [0.1, 0.15) is 0 Å². The first-order valence-electron chi connectivity index (χ1n) is 1.75. The third-order valence-corrected chi connectivity index (χ3v) is 1.35. The molecule has 0 aromatic rings. The summed E-state index contributed by atoms with van der Waals surface area (Å²) in [6, 6.07) is 0. The first-order valence-corrected chi connectivity index (χ1v) is 5.13. The molecule has 0 rings (SSSR count). The normalized spacial score (nSPS) is 5.50. The molecule has 8 heavy (non-hydrogen) atoms. The average molecular weight is 446 g/mol. The van der Waals surface area contributed by atoms with Crippen LogP contribution in [0.5, 0.6) is 0 Å². The molecule has 0 aliphatic heterocycles. The number of rotatable bonds is 2. The molecule has 0 aliphatic rings. The van der Waals surface area contributed by atoms with Crippen LogP contribution in [-0.2, 0) is 38.7 Å². The molecule has 0 spiro atoms. The summed E-state index contributed by atoms with van der Waals surface area (Å²) in [5.41, 5.74) is 0.769. The van der Waals surface area contributed by atoms with Crippen LogP contribution >= 0.6 is 0 Å². The summed E-state index contributed by atoms with van der Waals surface area (Å²) >= 11 is 2.45. The van der Waals surface area contributed by atoms with Gasteiger partial charge in [-0.1, -0.05) is 0 Å². The Morgan fingerprint density at radius 3 is 1.88 bits per heavy atom. The molecule has 0 bridgehead atoms. The van der Waals surface area contributed by atoms with E-state index in [1.54, 1.807) is 6.08 Å². The Kier molecular flexibility index (Phi) is 15.0. The zero-order chi connectivity index (χ0) is 6.99. The second-order valence-corrected chi connectivity index (χ2v) is 1.67. The Hall–Kier alpha value is 0.597. The van der Waals surface area contributed by atoms with Crippen molar-refractivity contribution in [3.05, 3.63) is 24.8 Å². The van der Waals surface area contributed by atoms with Crippen molar-refractivity contribution in [3.63, 3.8) is 0 Å². The summed E-state index contributed by atoms with van der Waals surface area (Å²) in [6.07, 6.45) is 1.63. The first-order chi connectivity index (χ1) is 3.81. The Morgan fingerprint density at radius 2 is 1.88 bits per heavy atom. The number of hydrogen-bond acceptors (Lipinski definition) is 0. The van der Waals surface area contributed by atoms with E-state index in [4.69, 9.17) is 6.58 Å². The second kappa shape index (κ2) is 10.6. The number of allylic oxidation sites excluding steroid dienone is 2. The molecular weight excluding hydrogens is 440 g/mol. The molecule has 0 saturated heterocycles. The zero-order valence-electron chi connectivity index (χ0n) is 4.33. The molecule has 0 unspecified atom stereocenters. The van der Waals surface area contributed by atoms with E-state index in [0.29, 0.717) is 0 Å². The minimum atomic E-state index is 0.769. The van der Waals surface area contributed by atoms with Crippen molar-refractivity contribution >= 4 is 9.30 Å². The van der Waals surface area contributed by atoms with E-state index >= 15 is 0 Å². The molecule has 0 aromatic heterocycles. The van der Waals surface area contributed by atoms with E-state index in [0.717, 1.165) is 24.9 Å². The Morgan fingerprint density at radius 1 is 1.50 bits per heavy atom. The molecule has 0 saturated carbocycles. The maximum absolute atomic E-state index is 5.24. The zero-order valence-corrected chi connectivity index (χ0v) is 10.2. The monoisotopic (exact) mass is 446 g/mol. The fourth-order valence-corrected chi connectivity index (χ4v) is 0.394. The molecule has 0 nitrogen and oxygen atoms in total. The Bertz CT molecular complexity index is 84.7. The van der Waals surface area contributed by atoms with Crippen LogP contribution in [0, 0.1) is 6.58 Å². The van der Waals surface area contributed by atoms with Gasteiger partial charge in [0.2, 0.25) is 0 Å². The van der Waals surface area contributed by atoms with E-state index in [1.165, 1.54) is 19.4 Å². The summed E-state index contributed by atoms with van der Waals surface area (Å²) < 4.78 is 1.88. The van der Waals surface area contributed by atoms with Crippen LogP contribution in [-0.4, -0.2) is 9.30 Å². The van der Waals surface area contributed by atoms with Gasteiger partial charge in [-0.25, -0.2) is 0 Å². The van der Waals surface area contributed by atoms with Crippen molar-refractivity contribution in [2.24, 2.45) is 0 Å². The van der Waals surface area contributed by atoms with E-state index in [-0.39, 0.29) is 0 Å². The predicted octanol–water partition coefficient (Wildman–Crippen LogP) is 0.723. The molecule has 44 valence electrons. The van der Waals surface area contributed by atoms with E-state index < -0.39 is 0 Å². The molecule has 2 heteroatoms. The van der Waals surface area contributed by atoms with Crippen molar-refractivity contribution in [1.29, 1.82) is 0 Å². The van der Waals surface area contributed by atoms with Gasteiger partial charge in [-0.3, -0.25) is 0 Å². The van der Waals surface area contributed by atoms with Gasteiger partial charge < -0.3 is 0 Å². The minimum absolute atomic E-state index is 0.769. The summed E-state index contributed by atoms with van der Waals surface area (Å²) in [7, 11) is 0. The van der Waals surface area contributed by atoms with Gasteiger partial charge in [0.25, 0.3) is 0 Å². The summed E-state index contributed by atoms with van der Waals surface area (Å²) in [6.45, 7) is 8.69. The van der Waals surface area contributed by atoms with E-state index in [9.17, 15) is 0 Å². The fraction of sp³-hybridized carbons (Fsp3) is 0. The molecule has 0 heterocycles. The van der Waals surface area contributed by atoms with Crippen molar-refractivity contribution in [3.8, 4) is 0 Å². The van der Waals surface area contributed by atoms with Crippen molar-refractivity contribution in [1.82, 2.24) is 0 Å². The van der Waals surface area contributed by atoms with Crippen molar-refractivity contribution in [2.75, 3.05) is 0 Å². The molecule has 0 aromatic carbocycles. The van der Waals surface area contributed by atoms with Gasteiger partial charge in [0.05, 0.1) is 0 Å². The quantitative estimate of drug-likeness (QED) is 0.434. The molecule has 0 radical (unpaired) electrons. The molecule has 0 amide bonds. The van der Waals surface area contributed by atoms with Crippen molar-refractivity contribution in [2.45, 2.75) is 0 Å². The SMILES string of the molecule is [CH-]=C(C=C)[CH]=[W].[CH-]=[W]. The van der Waals surface area contributed by atoms with Crippen LogP contribution in [0.4, 0.5) is 0 Å². The van der Waals surface area contributed by atoms with E-state index in [1.807, 2.05) is 4.40 Å². The second-order valence-electron chi connectivity index (χ2n) is 0.822. The maximum atomic E-state index is 5.24. The number of hydrogen-bond donors (Lipinski definition) is 0. The van der Waals surface area contributed by atoms with Crippen LogP contribution in [0.3, 0.4) is 0 Å². The Balaban J connectivity index is 0. The van der Waals surface area contributed by atoms with Gasteiger partial charge >= 0.3 is 72.8 Å². The standard InChI is InChI=1S/C5H5.CH.2W/c1-4-5(2)3;;;/h2-4H,1H2;1H;;/q2*-1;;. The van der Waals surface area contributed by atoms with Gasteiger partial charge in [0.15, 0.2) is 0 Å². The van der Waals surface area contributed by atoms with Gasteiger partial charge in [-0.05, 0) is 0 Å². The summed E-state index contributed by atoms with van der Waals surface area (Å²) in [5, 5.41) is 0. The molecule has 0 fully saturated rings. The molecular formula is C6H6W2-2. The van der Waals surface area contributed by atoms with Gasteiger partial charge in [-0.15, -0.1) is 0 Å². The van der Waals surface area contributed by atoms with Crippen LogP contribution < -0.4 is 0 Å². The van der Waals surface area contributed by atoms with Gasteiger partial charge in [0.1, 0.15) is 0 Å². The Labute approximate surface area is 72.5 Å². The molecule has 0 aliphatic carbocycles. The van der Waals surface area contributed by atoms with Crippen molar-refractivity contribution < 1.29 is 38.7 Å². The molecule has 0 N–H and O–H groups in total. The van der Waals surface area contributed by atoms with Gasteiger partial charge in [0, 0.05) is 0 Å². The summed E-state index contributed by atoms with van der Waals surface area (Å²) in [4.78, 5) is 4.58. The van der Waals surface area contributed by atoms with Crippen LogP contribution in [0.2, 0.25) is 0 Å².